The summed E-state index contributed by atoms with van der Waals surface area (Å²) in [5.41, 5.74) is 0.731. The summed E-state index contributed by atoms with van der Waals surface area (Å²) in [7, 11) is -2.27. The minimum absolute atomic E-state index is 0.0197. The van der Waals surface area contributed by atoms with Crippen LogP contribution < -0.4 is 8.92 Å². The molecule has 0 unspecified atom stereocenters. The molecule has 154 valence electrons. The highest BCUT2D eigenvalue weighted by Crippen LogP contribution is 2.30. The third-order valence-electron chi connectivity index (χ3n) is 4.12. The first kappa shape index (κ1) is 21.8. The summed E-state index contributed by atoms with van der Waals surface area (Å²) in [6, 6.07) is 8.58. The molecule has 0 saturated heterocycles. The normalized spacial score (nSPS) is 11.2. The summed E-state index contributed by atoms with van der Waals surface area (Å²) < 4.78 is 38.6. The SMILES string of the molecule is CCCCCC(=O)N(Cc1ccc(OC)c(OS(C)(=O)=O)c1)Cc1ccco1. The van der Waals surface area contributed by atoms with Gasteiger partial charge >= 0.3 is 10.1 Å². The Balaban J connectivity index is 2.21. The molecule has 0 saturated carbocycles. The molecule has 1 heterocycles. The topological polar surface area (TPSA) is 86.0 Å². The molecule has 0 fully saturated rings. The van der Waals surface area contributed by atoms with Crippen molar-refractivity contribution in [2.24, 2.45) is 0 Å². The van der Waals surface area contributed by atoms with Crippen LogP contribution in [0.3, 0.4) is 0 Å². The molecule has 1 aromatic carbocycles. The third kappa shape index (κ3) is 6.92. The highest BCUT2D eigenvalue weighted by Gasteiger charge is 2.18. The van der Waals surface area contributed by atoms with E-state index in [1.54, 1.807) is 35.4 Å². The van der Waals surface area contributed by atoms with Gasteiger partial charge in [0.1, 0.15) is 5.76 Å². The van der Waals surface area contributed by atoms with Gasteiger partial charge in [0.2, 0.25) is 5.91 Å². The number of ether oxygens (including phenoxy) is 1. The summed E-state index contributed by atoms with van der Waals surface area (Å²) in [5, 5.41) is 0. The molecular formula is C20H27NO6S. The second kappa shape index (κ2) is 10.2. The van der Waals surface area contributed by atoms with Gasteiger partial charge in [-0.05, 0) is 36.2 Å². The summed E-state index contributed by atoms with van der Waals surface area (Å²) in [5.74, 6) is 1.11. The molecule has 0 aliphatic carbocycles. The van der Waals surface area contributed by atoms with Crippen molar-refractivity contribution in [1.82, 2.24) is 4.90 Å². The van der Waals surface area contributed by atoms with Gasteiger partial charge in [-0.2, -0.15) is 8.42 Å². The number of benzene rings is 1. The van der Waals surface area contributed by atoms with Crippen molar-refractivity contribution < 1.29 is 26.5 Å². The number of carbonyl (C=O) groups is 1. The van der Waals surface area contributed by atoms with Crippen LogP contribution in [0.5, 0.6) is 11.5 Å². The third-order valence-corrected chi connectivity index (χ3v) is 4.60. The van der Waals surface area contributed by atoms with Crippen LogP contribution in [0, 0.1) is 0 Å². The summed E-state index contributed by atoms with van der Waals surface area (Å²) in [4.78, 5) is 14.4. The molecule has 0 aliphatic rings. The Morgan fingerprint density at radius 3 is 2.54 bits per heavy atom. The van der Waals surface area contributed by atoms with Crippen molar-refractivity contribution in [1.29, 1.82) is 0 Å². The van der Waals surface area contributed by atoms with Gasteiger partial charge in [0.15, 0.2) is 11.5 Å². The van der Waals surface area contributed by atoms with Crippen LogP contribution in [0.1, 0.15) is 43.9 Å². The first-order valence-corrected chi connectivity index (χ1v) is 11.0. The number of nitrogens with zero attached hydrogens (tertiary/aromatic N) is 1. The Kier molecular flexibility index (Phi) is 7.92. The predicted octanol–water partition coefficient (Wildman–Crippen LogP) is 3.74. The second-order valence-electron chi connectivity index (χ2n) is 6.56. The van der Waals surface area contributed by atoms with Gasteiger partial charge in [0.25, 0.3) is 0 Å². The molecule has 2 rings (SSSR count). The molecular weight excluding hydrogens is 382 g/mol. The van der Waals surface area contributed by atoms with Crippen LogP contribution in [0.4, 0.5) is 0 Å². The quantitative estimate of drug-likeness (QED) is 0.415. The number of furan rings is 1. The lowest BCUT2D eigenvalue weighted by atomic mass is 10.1. The molecule has 1 amide bonds. The largest absolute Gasteiger partial charge is 0.493 e. The lowest BCUT2D eigenvalue weighted by Crippen LogP contribution is -2.29. The zero-order valence-electron chi connectivity index (χ0n) is 16.5. The van der Waals surface area contributed by atoms with Crippen molar-refractivity contribution in [3.05, 3.63) is 47.9 Å². The molecule has 0 bridgehead atoms. The van der Waals surface area contributed by atoms with Crippen LogP contribution in [-0.2, 0) is 28.0 Å². The number of rotatable bonds is 11. The molecule has 2 aromatic rings. The maximum absolute atomic E-state index is 12.7. The highest BCUT2D eigenvalue weighted by atomic mass is 32.2. The Hall–Kier alpha value is -2.48. The van der Waals surface area contributed by atoms with Crippen molar-refractivity contribution in [3.8, 4) is 11.5 Å². The number of hydrogen-bond acceptors (Lipinski definition) is 6. The van der Waals surface area contributed by atoms with Crippen LogP contribution >= 0.6 is 0 Å². The number of carbonyl (C=O) groups excluding carboxylic acids is 1. The van der Waals surface area contributed by atoms with E-state index in [4.69, 9.17) is 13.3 Å². The molecule has 0 radical (unpaired) electrons. The molecule has 7 nitrogen and oxygen atoms in total. The lowest BCUT2D eigenvalue weighted by Gasteiger charge is -2.22. The number of unbranched alkanes of at least 4 members (excludes halogenated alkanes) is 2. The fourth-order valence-corrected chi connectivity index (χ4v) is 3.23. The second-order valence-corrected chi connectivity index (χ2v) is 8.13. The summed E-state index contributed by atoms with van der Waals surface area (Å²) in [6.07, 6.45) is 5.86. The van der Waals surface area contributed by atoms with Crippen LogP contribution in [-0.4, -0.2) is 32.6 Å². The number of amides is 1. The number of hydrogen-bond donors (Lipinski definition) is 0. The van der Waals surface area contributed by atoms with Crippen LogP contribution in [0.2, 0.25) is 0 Å². The maximum Gasteiger partial charge on any atom is 0.306 e. The van der Waals surface area contributed by atoms with E-state index in [0.717, 1.165) is 31.1 Å². The summed E-state index contributed by atoms with van der Waals surface area (Å²) >= 11 is 0. The number of methoxy groups -OCH3 is 1. The van der Waals surface area contributed by atoms with E-state index in [1.165, 1.54) is 7.11 Å². The van der Waals surface area contributed by atoms with E-state index in [0.29, 0.717) is 31.0 Å². The van der Waals surface area contributed by atoms with E-state index in [-0.39, 0.29) is 11.7 Å². The fraction of sp³-hybridized carbons (Fsp3) is 0.450. The van der Waals surface area contributed by atoms with E-state index in [2.05, 4.69) is 6.92 Å². The van der Waals surface area contributed by atoms with Gasteiger partial charge in [0.05, 0.1) is 26.2 Å². The average Bonchev–Trinajstić information content (AvgIpc) is 3.13. The monoisotopic (exact) mass is 409 g/mol. The van der Waals surface area contributed by atoms with Crippen molar-refractivity contribution in [2.45, 2.75) is 45.7 Å². The van der Waals surface area contributed by atoms with Crippen molar-refractivity contribution in [3.63, 3.8) is 0 Å². The Labute approximate surface area is 166 Å². The van der Waals surface area contributed by atoms with Crippen LogP contribution in [0.25, 0.3) is 0 Å². The Morgan fingerprint density at radius 2 is 1.93 bits per heavy atom. The van der Waals surface area contributed by atoms with E-state index >= 15 is 0 Å². The van der Waals surface area contributed by atoms with Crippen molar-refractivity contribution in [2.75, 3.05) is 13.4 Å². The maximum atomic E-state index is 12.7. The van der Waals surface area contributed by atoms with E-state index in [9.17, 15) is 13.2 Å². The molecule has 0 spiro atoms. The van der Waals surface area contributed by atoms with Gasteiger partial charge in [0, 0.05) is 13.0 Å². The van der Waals surface area contributed by atoms with Gasteiger partial charge in [-0.25, -0.2) is 0 Å². The fourth-order valence-electron chi connectivity index (χ4n) is 2.78. The van der Waals surface area contributed by atoms with Gasteiger partial charge in [-0.3, -0.25) is 4.79 Å². The smallest absolute Gasteiger partial charge is 0.306 e. The Bertz CT molecular complexity index is 861. The van der Waals surface area contributed by atoms with Gasteiger partial charge in [-0.1, -0.05) is 25.8 Å². The lowest BCUT2D eigenvalue weighted by molar-refractivity contribution is -0.132. The highest BCUT2D eigenvalue weighted by molar-refractivity contribution is 7.86. The van der Waals surface area contributed by atoms with Crippen molar-refractivity contribution >= 4 is 16.0 Å². The first-order valence-electron chi connectivity index (χ1n) is 9.19. The zero-order chi connectivity index (χ0) is 20.6. The molecule has 1 aromatic heterocycles. The molecule has 0 N–H and O–H groups in total. The van der Waals surface area contributed by atoms with Crippen LogP contribution in [0.15, 0.2) is 41.0 Å². The minimum atomic E-state index is -3.70. The van der Waals surface area contributed by atoms with Gasteiger partial charge < -0.3 is 18.2 Å². The van der Waals surface area contributed by atoms with E-state index in [1.807, 2.05) is 6.07 Å². The zero-order valence-corrected chi connectivity index (χ0v) is 17.3. The predicted molar refractivity (Wildman–Crippen MR) is 106 cm³/mol. The van der Waals surface area contributed by atoms with E-state index < -0.39 is 10.1 Å². The molecule has 0 atom stereocenters. The molecule has 28 heavy (non-hydrogen) atoms. The molecule has 8 heteroatoms. The Morgan fingerprint density at radius 1 is 1.14 bits per heavy atom. The average molecular weight is 410 g/mol. The first-order chi connectivity index (χ1) is 13.3. The summed E-state index contributed by atoms with van der Waals surface area (Å²) in [6.45, 7) is 2.73. The molecule has 0 aliphatic heterocycles. The minimum Gasteiger partial charge on any atom is -0.493 e. The standard InChI is InChI=1S/C20H27NO6S/c1-4-5-6-9-20(22)21(15-17-8-7-12-26-17)14-16-10-11-18(25-2)19(13-16)27-28(3,23)24/h7-8,10-13H,4-6,9,14-15H2,1-3H3. The van der Waals surface area contributed by atoms with Gasteiger partial charge in [-0.15, -0.1) is 0 Å².